The van der Waals surface area contributed by atoms with Crippen molar-refractivity contribution in [2.75, 3.05) is 20.3 Å². The summed E-state index contributed by atoms with van der Waals surface area (Å²) in [5.74, 6) is 0. The Morgan fingerprint density at radius 2 is 1.77 bits per heavy atom. The van der Waals surface area contributed by atoms with Crippen LogP contribution in [0.15, 0.2) is 0 Å². The maximum atomic E-state index is 9.47. The van der Waals surface area contributed by atoms with Gasteiger partial charge in [0.25, 0.3) is 0 Å². The summed E-state index contributed by atoms with van der Waals surface area (Å²) in [7, 11) is 1.69. The lowest BCUT2D eigenvalue weighted by molar-refractivity contribution is 0.0646. The molecule has 0 fully saturated rings. The lowest BCUT2D eigenvalue weighted by Crippen LogP contribution is -2.45. The van der Waals surface area contributed by atoms with Gasteiger partial charge in [-0.3, -0.25) is 0 Å². The predicted octanol–water partition coefficient (Wildman–Crippen LogP) is 1.16. The topological polar surface area (TPSA) is 41.5 Å². The number of ether oxygens (including phenoxy) is 1. The Balaban J connectivity index is 3.63. The van der Waals surface area contributed by atoms with Crippen LogP contribution in [0.4, 0.5) is 0 Å². The molecule has 2 N–H and O–H groups in total. The van der Waals surface area contributed by atoms with Crippen molar-refractivity contribution in [1.29, 1.82) is 0 Å². The summed E-state index contributed by atoms with van der Waals surface area (Å²) in [4.78, 5) is 0. The largest absolute Gasteiger partial charge is 0.390 e. The van der Waals surface area contributed by atoms with Gasteiger partial charge in [-0.1, -0.05) is 0 Å². The second-order valence-corrected chi connectivity index (χ2v) is 4.81. The summed E-state index contributed by atoms with van der Waals surface area (Å²) in [5, 5.41) is 12.8. The molecular weight excluding hydrogens is 166 g/mol. The Hall–Kier alpha value is -0.120. The zero-order chi connectivity index (χ0) is 10.5. The van der Waals surface area contributed by atoms with Crippen molar-refractivity contribution < 1.29 is 9.84 Å². The molecule has 3 heteroatoms. The molecular formula is C10H23NO2. The smallest absolute Gasteiger partial charge is 0.0639 e. The Bertz CT molecular complexity index is 138. The second-order valence-electron chi connectivity index (χ2n) is 4.81. The van der Waals surface area contributed by atoms with E-state index in [1.54, 1.807) is 7.11 Å². The van der Waals surface area contributed by atoms with Gasteiger partial charge in [0.15, 0.2) is 0 Å². The molecule has 0 unspecified atom stereocenters. The second kappa shape index (κ2) is 4.94. The molecule has 0 aliphatic carbocycles. The van der Waals surface area contributed by atoms with Crippen molar-refractivity contribution in [2.45, 2.75) is 45.3 Å². The molecule has 0 aromatic rings. The van der Waals surface area contributed by atoms with Crippen LogP contribution in [0.2, 0.25) is 0 Å². The van der Waals surface area contributed by atoms with Gasteiger partial charge < -0.3 is 15.2 Å². The summed E-state index contributed by atoms with van der Waals surface area (Å²) in [6.45, 7) is 9.29. The summed E-state index contributed by atoms with van der Waals surface area (Å²) < 4.78 is 5.06. The van der Waals surface area contributed by atoms with Gasteiger partial charge in [-0.05, 0) is 40.7 Å². The highest BCUT2D eigenvalue weighted by atomic mass is 16.5. The van der Waals surface area contributed by atoms with Crippen LogP contribution in [-0.2, 0) is 4.74 Å². The van der Waals surface area contributed by atoms with Gasteiger partial charge >= 0.3 is 0 Å². The molecule has 3 nitrogen and oxygen atoms in total. The van der Waals surface area contributed by atoms with Crippen LogP contribution in [0, 0.1) is 0 Å². The van der Waals surface area contributed by atoms with Gasteiger partial charge in [0, 0.05) is 12.6 Å². The molecule has 0 saturated carbocycles. The molecule has 13 heavy (non-hydrogen) atoms. The third-order valence-electron chi connectivity index (χ3n) is 1.85. The maximum absolute atomic E-state index is 9.47. The molecule has 0 rings (SSSR count). The predicted molar refractivity (Wildman–Crippen MR) is 54.9 cm³/mol. The van der Waals surface area contributed by atoms with Crippen molar-refractivity contribution in [3.05, 3.63) is 0 Å². The van der Waals surface area contributed by atoms with Gasteiger partial charge in [-0.15, -0.1) is 0 Å². The Labute approximate surface area is 81.5 Å². The Morgan fingerprint density at radius 3 is 2.15 bits per heavy atom. The SMILES string of the molecule is COCC(C)(C)NCCC(C)(C)O. The molecule has 0 radical (unpaired) electrons. The molecule has 0 aromatic carbocycles. The number of rotatable bonds is 6. The zero-order valence-corrected chi connectivity index (χ0v) is 9.48. The van der Waals surface area contributed by atoms with Gasteiger partial charge in [-0.25, -0.2) is 0 Å². The summed E-state index contributed by atoms with van der Waals surface area (Å²) in [6.07, 6.45) is 0.750. The highest BCUT2D eigenvalue weighted by molar-refractivity contribution is 4.78. The first-order valence-electron chi connectivity index (χ1n) is 4.73. The summed E-state index contributed by atoms with van der Waals surface area (Å²) in [5.41, 5.74) is -0.601. The van der Waals surface area contributed by atoms with Gasteiger partial charge in [0.2, 0.25) is 0 Å². The van der Waals surface area contributed by atoms with Gasteiger partial charge in [0.1, 0.15) is 0 Å². The Kier molecular flexibility index (Phi) is 4.89. The summed E-state index contributed by atoms with van der Waals surface area (Å²) in [6, 6.07) is 0. The average Bonchev–Trinajstić information content (AvgIpc) is 1.82. The van der Waals surface area contributed by atoms with Crippen molar-refractivity contribution in [3.63, 3.8) is 0 Å². The van der Waals surface area contributed by atoms with E-state index < -0.39 is 5.60 Å². The van der Waals surface area contributed by atoms with E-state index in [0.717, 1.165) is 13.0 Å². The molecule has 0 atom stereocenters. The molecule has 0 amide bonds. The number of hydrogen-bond donors (Lipinski definition) is 2. The first-order valence-corrected chi connectivity index (χ1v) is 4.73. The minimum absolute atomic E-state index is 0.0139. The fraction of sp³-hybridized carbons (Fsp3) is 1.00. The average molecular weight is 189 g/mol. The van der Waals surface area contributed by atoms with Crippen LogP contribution in [0.25, 0.3) is 0 Å². The van der Waals surface area contributed by atoms with Crippen LogP contribution in [-0.4, -0.2) is 36.5 Å². The first-order chi connectivity index (χ1) is 5.77. The van der Waals surface area contributed by atoms with E-state index in [1.165, 1.54) is 0 Å². The van der Waals surface area contributed by atoms with E-state index in [4.69, 9.17) is 4.74 Å². The highest BCUT2D eigenvalue weighted by Gasteiger charge is 2.18. The molecule has 0 heterocycles. The number of nitrogens with one attached hydrogen (secondary N) is 1. The van der Waals surface area contributed by atoms with E-state index in [-0.39, 0.29) is 5.54 Å². The standard InChI is InChI=1S/C10H23NO2/c1-9(2,8-13-5)11-7-6-10(3,4)12/h11-12H,6-8H2,1-5H3. The molecule has 0 spiro atoms. The van der Waals surface area contributed by atoms with Crippen LogP contribution < -0.4 is 5.32 Å². The fourth-order valence-corrected chi connectivity index (χ4v) is 1.12. The van der Waals surface area contributed by atoms with E-state index in [2.05, 4.69) is 19.2 Å². The number of methoxy groups -OCH3 is 1. The molecule has 0 aromatic heterocycles. The molecule has 80 valence electrons. The summed E-state index contributed by atoms with van der Waals surface area (Å²) >= 11 is 0. The minimum atomic E-state index is -0.587. The minimum Gasteiger partial charge on any atom is -0.390 e. The molecule has 0 aliphatic heterocycles. The van der Waals surface area contributed by atoms with Crippen LogP contribution in [0.1, 0.15) is 34.1 Å². The van der Waals surface area contributed by atoms with E-state index in [1.807, 2.05) is 13.8 Å². The first kappa shape index (κ1) is 12.9. The van der Waals surface area contributed by atoms with E-state index in [9.17, 15) is 5.11 Å². The third-order valence-corrected chi connectivity index (χ3v) is 1.85. The molecule has 0 aliphatic rings. The normalized spacial score (nSPS) is 13.4. The molecule has 0 saturated heterocycles. The van der Waals surface area contributed by atoms with Crippen LogP contribution >= 0.6 is 0 Å². The fourth-order valence-electron chi connectivity index (χ4n) is 1.12. The van der Waals surface area contributed by atoms with Crippen molar-refractivity contribution in [2.24, 2.45) is 0 Å². The zero-order valence-electron chi connectivity index (χ0n) is 9.48. The van der Waals surface area contributed by atoms with Crippen LogP contribution in [0.3, 0.4) is 0 Å². The van der Waals surface area contributed by atoms with E-state index >= 15 is 0 Å². The van der Waals surface area contributed by atoms with Crippen molar-refractivity contribution in [3.8, 4) is 0 Å². The third kappa shape index (κ3) is 8.22. The monoisotopic (exact) mass is 189 g/mol. The van der Waals surface area contributed by atoms with Crippen LogP contribution in [0.5, 0.6) is 0 Å². The van der Waals surface area contributed by atoms with E-state index in [0.29, 0.717) is 6.61 Å². The lowest BCUT2D eigenvalue weighted by Gasteiger charge is -2.27. The number of hydrogen-bond acceptors (Lipinski definition) is 3. The quantitative estimate of drug-likeness (QED) is 0.659. The van der Waals surface area contributed by atoms with Gasteiger partial charge in [0.05, 0.1) is 12.2 Å². The van der Waals surface area contributed by atoms with Crippen molar-refractivity contribution in [1.82, 2.24) is 5.32 Å². The lowest BCUT2D eigenvalue weighted by atomic mass is 10.0. The van der Waals surface area contributed by atoms with Crippen molar-refractivity contribution >= 4 is 0 Å². The Morgan fingerprint density at radius 1 is 1.23 bits per heavy atom. The highest BCUT2D eigenvalue weighted by Crippen LogP contribution is 2.08. The number of aliphatic hydroxyl groups is 1. The maximum Gasteiger partial charge on any atom is 0.0639 e. The molecule has 0 bridgehead atoms. The van der Waals surface area contributed by atoms with Gasteiger partial charge in [-0.2, -0.15) is 0 Å².